The van der Waals surface area contributed by atoms with Crippen molar-refractivity contribution in [1.29, 1.82) is 0 Å². The van der Waals surface area contributed by atoms with Crippen molar-refractivity contribution in [2.24, 2.45) is 0 Å². The van der Waals surface area contributed by atoms with E-state index in [-0.39, 0.29) is 6.61 Å². The maximum atomic E-state index is 9.43. The number of hydrogen-bond donors (Lipinski definition) is 1. The summed E-state index contributed by atoms with van der Waals surface area (Å²) in [6.07, 6.45) is 3.18. The lowest BCUT2D eigenvalue weighted by Gasteiger charge is -2.45. The Kier molecular flexibility index (Phi) is 5.84. The number of rotatable bonds is 5. The van der Waals surface area contributed by atoms with Crippen LogP contribution in [0.2, 0.25) is 0 Å². The summed E-state index contributed by atoms with van der Waals surface area (Å²) in [4.78, 5) is 5.17. The molecule has 0 spiro atoms. The van der Waals surface area contributed by atoms with Crippen LogP contribution in [0.15, 0.2) is 30.3 Å². The van der Waals surface area contributed by atoms with Crippen molar-refractivity contribution < 1.29 is 9.84 Å². The van der Waals surface area contributed by atoms with E-state index < -0.39 is 0 Å². The van der Waals surface area contributed by atoms with Crippen molar-refractivity contribution in [3.8, 4) is 0 Å². The molecule has 2 fully saturated rings. The Morgan fingerprint density at radius 2 is 1.86 bits per heavy atom. The normalized spacial score (nSPS) is 25.4. The van der Waals surface area contributed by atoms with Crippen LogP contribution in [-0.2, 0) is 11.3 Å². The van der Waals surface area contributed by atoms with Crippen molar-refractivity contribution >= 4 is 0 Å². The lowest BCUT2D eigenvalue weighted by Crippen LogP contribution is -2.56. The number of hydrogen-bond acceptors (Lipinski definition) is 4. The quantitative estimate of drug-likeness (QED) is 0.899. The van der Waals surface area contributed by atoms with E-state index in [1.54, 1.807) is 0 Å². The summed E-state index contributed by atoms with van der Waals surface area (Å²) in [6, 6.07) is 11.8. The number of aliphatic hydroxyl groups is 1. The highest BCUT2D eigenvalue weighted by molar-refractivity contribution is 5.14. The van der Waals surface area contributed by atoms with Crippen LogP contribution in [0.1, 0.15) is 24.8 Å². The Balaban J connectivity index is 1.60. The molecule has 0 saturated carbocycles. The van der Waals surface area contributed by atoms with Gasteiger partial charge in [0.05, 0.1) is 0 Å². The first kappa shape index (κ1) is 15.9. The molecular weight excluding hydrogens is 276 g/mol. The lowest BCUT2D eigenvalue weighted by molar-refractivity contribution is -0.0116. The van der Waals surface area contributed by atoms with Crippen molar-refractivity contribution in [2.45, 2.75) is 37.9 Å². The fraction of sp³-hybridized carbons (Fsp3) is 0.667. The van der Waals surface area contributed by atoms with E-state index in [0.29, 0.717) is 12.1 Å². The topological polar surface area (TPSA) is 35.9 Å². The van der Waals surface area contributed by atoms with Crippen molar-refractivity contribution in [3.05, 3.63) is 35.9 Å². The maximum absolute atomic E-state index is 9.43. The zero-order valence-corrected chi connectivity index (χ0v) is 13.4. The Morgan fingerprint density at radius 1 is 1.09 bits per heavy atom. The van der Waals surface area contributed by atoms with E-state index in [4.69, 9.17) is 4.74 Å². The predicted molar refractivity (Wildman–Crippen MR) is 87.8 cm³/mol. The molecule has 3 rings (SSSR count). The monoisotopic (exact) mass is 304 g/mol. The van der Waals surface area contributed by atoms with Crippen LogP contribution in [0.25, 0.3) is 0 Å². The zero-order valence-electron chi connectivity index (χ0n) is 13.4. The molecule has 0 aliphatic carbocycles. The van der Waals surface area contributed by atoms with E-state index in [9.17, 15) is 5.11 Å². The molecule has 0 bridgehead atoms. The molecule has 2 saturated heterocycles. The highest BCUT2D eigenvalue weighted by Crippen LogP contribution is 2.22. The van der Waals surface area contributed by atoms with Crippen LogP contribution in [0, 0.1) is 0 Å². The molecule has 4 nitrogen and oxygen atoms in total. The first-order chi connectivity index (χ1) is 10.9. The molecule has 2 aliphatic rings. The van der Waals surface area contributed by atoms with Crippen molar-refractivity contribution in [1.82, 2.24) is 9.80 Å². The summed E-state index contributed by atoms with van der Waals surface area (Å²) in [6.45, 7) is 6.39. The van der Waals surface area contributed by atoms with Gasteiger partial charge in [-0.3, -0.25) is 9.80 Å². The second kappa shape index (κ2) is 8.06. The van der Waals surface area contributed by atoms with Gasteiger partial charge in [0.1, 0.15) is 0 Å². The summed E-state index contributed by atoms with van der Waals surface area (Å²) >= 11 is 0. The fourth-order valence-electron chi connectivity index (χ4n) is 3.75. The van der Waals surface area contributed by atoms with Crippen LogP contribution in [0.4, 0.5) is 0 Å². The number of aliphatic hydroxyl groups excluding tert-OH is 1. The van der Waals surface area contributed by atoms with Gasteiger partial charge in [0.25, 0.3) is 0 Å². The molecule has 22 heavy (non-hydrogen) atoms. The molecule has 2 aliphatic heterocycles. The van der Waals surface area contributed by atoms with Crippen LogP contribution in [-0.4, -0.2) is 66.4 Å². The number of nitrogens with zero attached hydrogens (tertiary/aromatic N) is 2. The van der Waals surface area contributed by atoms with Gasteiger partial charge in [-0.25, -0.2) is 0 Å². The Hall–Kier alpha value is -0.940. The molecule has 1 aromatic carbocycles. The number of piperazine rings is 1. The largest absolute Gasteiger partial charge is 0.396 e. The fourth-order valence-corrected chi connectivity index (χ4v) is 3.75. The van der Waals surface area contributed by atoms with Crippen LogP contribution >= 0.6 is 0 Å². The molecule has 0 radical (unpaired) electrons. The molecule has 0 aromatic heterocycles. The molecule has 1 N–H and O–H groups in total. The van der Waals surface area contributed by atoms with Gasteiger partial charge in [-0.15, -0.1) is 0 Å². The average Bonchev–Trinajstić information content (AvgIpc) is 2.58. The van der Waals surface area contributed by atoms with Crippen LogP contribution < -0.4 is 0 Å². The summed E-state index contributed by atoms with van der Waals surface area (Å²) in [7, 11) is 0. The van der Waals surface area contributed by atoms with Gasteiger partial charge in [-0.05, 0) is 24.8 Å². The van der Waals surface area contributed by atoms with E-state index in [1.807, 2.05) is 0 Å². The third-order valence-electron chi connectivity index (χ3n) is 5.03. The highest BCUT2D eigenvalue weighted by atomic mass is 16.5. The van der Waals surface area contributed by atoms with Gasteiger partial charge in [0.2, 0.25) is 0 Å². The third-order valence-corrected chi connectivity index (χ3v) is 5.03. The van der Waals surface area contributed by atoms with Gasteiger partial charge < -0.3 is 9.84 Å². The molecule has 2 heterocycles. The maximum Gasteiger partial charge on any atom is 0.0480 e. The van der Waals surface area contributed by atoms with Gasteiger partial charge in [0, 0.05) is 58.1 Å². The SMILES string of the molecule is OCC[C@@H]1CN(C2CCOCC2)CCN1Cc1ccccc1. The second-order valence-corrected chi connectivity index (χ2v) is 6.46. The van der Waals surface area contributed by atoms with Crippen molar-refractivity contribution in [3.63, 3.8) is 0 Å². The summed E-state index contributed by atoms with van der Waals surface area (Å²) in [5, 5.41) is 9.43. The predicted octanol–water partition coefficient (Wildman–Crippen LogP) is 1.73. The minimum Gasteiger partial charge on any atom is -0.396 e. The van der Waals surface area contributed by atoms with Gasteiger partial charge in [-0.2, -0.15) is 0 Å². The molecule has 0 unspecified atom stereocenters. The van der Waals surface area contributed by atoms with Crippen LogP contribution in [0.3, 0.4) is 0 Å². The molecule has 1 aromatic rings. The Labute approximate surface area is 133 Å². The second-order valence-electron chi connectivity index (χ2n) is 6.46. The van der Waals surface area contributed by atoms with Crippen molar-refractivity contribution in [2.75, 3.05) is 39.5 Å². The Bertz CT molecular complexity index is 434. The van der Waals surface area contributed by atoms with E-state index in [1.165, 1.54) is 5.56 Å². The van der Waals surface area contributed by atoms with E-state index in [2.05, 4.69) is 40.1 Å². The van der Waals surface area contributed by atoms with Gasteiger partial charge in [-0.1, -0.05) is 30.3 Å². The molecule has 4 heteroatoms. The Morgan fingerprint density at radius 3 is 2.59 bits per heavy atom. The summed E-state index contributed by atoms with van der Waals surface area (Å²) in [5.41, 5.74) is 1.37. The van der Waals surface area contributed by atoms with Gasteiger partial charge in [0.15, 0.2) is 0 Å². The highest BCUT2D eigenvalue weighted by Gasteiger charge is 2.31. The number of benzene rings is 1. The zero-order chi connectivity index (χ0) is 15.2. The minimum atomic E-state index is 0.275. The molecule has 122 valence electrons. The lowest BCUT2D eigenvalue weighted by atomic mass is 10.0. The van der Waals surface area contributed by atoms with E-state index >= 15 is 0 Å². The number of ether oxygens (including phenoxy) is 1. The van der Waals surface area contributed by atoms with Crippen LogP contribution in [0.5, 0.6) is 0 Å². The molecule has 1 atom stereocenters. The summed E-state index contributed by atoms with van der Waals surface area (Å²) in [5.74, 6) is 0. The first-order valence-corrected chi connectivity index (χ1v) is 8.57. The summed E-state index contributed by atoms with van der Waals surface area (Å²) < 4.78 is 5.49. The third kappa shape index (κ3) is 4.07. The van der Waals surface area contributed by atoms with Gasteiger partial charge >= 0.3 is 0 Å². The molecule has 0 amide bonds. The smallest absolute Gasteiger partial charge is 0.0480 e. The standard InChI is InChI=1S/C18H28N2O2/c21-11-6-18-15-20(17-7-12-22-13-8-17)10-9-19(18)14-16-4-2-1-3-5-16/h1-5,17-18,21H,6-15H2/t18-/m1/s1. The first-order valence-electron chi connectivity index (χ1n) is 8.57. The molecular formula is C18H28N2O2. The average molecular weight is 304 g/mol. The minimum absolute atomic E-state index is 0.275. The van der Waals surface area contributed by atoms with E-state index in [0.717, 1.165) is 58.7 Å².